The summed E-state index contributed by atoms with van der Waals surface area (Å²) in [5.41, 5.74) is 5.26. The Bertz CT molecular complexity index is 770. The number of aromatic amines is 1. The number of aromatic nitrogens is 2. The molecule has 0 bridgehead atoms. The van der Waals surface area contributed by atoms with Crippen molar-refractivity contribution < 1.29 is 0 Å². The molecule has 1 aliphatic rings. The summed E-state index contributed by atoms with van der Waals surface area (Å²) in [6.45, 7) is 4.54. The lowest BCUT2D eigenvalue weighted by atomic mass is 9.95. The lowest BCUT2D eigenvalue weighted by Gasteiger charge is -2.28. The molecule has 1 fully saturated rings. The Morgan fingerprint density at radius 3 is 2.55 bits per heavy atom. The molecule has 22 heavy (non-hydrogen) atoms. The fourth-order valence-corrected chi connectivity index (χ4v) is 3.76. The number of aryl methyl sites for hydroxylation is 1. The molecule has 1 saturated heterocycles. The van der Waals surface area contributed by atoms with Crippen LogP contribution >= 0.6 is 0 Å². The minimum absolute atomic E-state index is 0.321. The number of likely N-dealkylation sites (tertiary alicyclic amines) is 1. The van der Waals surface area contributed by atoms with Crippen molar-refractivity contribution >= 4 is 10.9 Å². The molecule has 2 aromatic heterocycles. The first-order chi connectivity index (χ1) is 10.8. The molecule has 0 amide bonds. The van der Waals surface area contributed by atoms with Gasteiger partial charge in [-0.15, -0.1) is 0 Å². The van der Waals surface area contributed by atoms with E-state index in [9.17, 15) is 0 Å². The van der Waals surface area contributed by atoms with E-state index < -0.39 is 0 Å². The zero-order valence-electron chi connectivity index (χ0n) is 12.9. The number of para-hydroxylation sites is 1. The number of hydrogen-bond donors (Lipinski definition) is 1. The Kier molecular flexibility index (Phi) is 3.43. The molecule has 1 atom stereocenters. The van der Waals surface area contributed by atoms with E-state index in [-0.39, 0.29) is 0 Å². The lowest BCUT2D eigenvalue weighted by Crippen LogP contribution is -2.27. The smallest absolute Gasteiger partial charge is 0.0626 e. The van der Waals surface area contributed by atoms with Gasteiger partial charge in [-0.2, -0.15) is 0 Å². The summed E-state index contributed by atoms with van der Waals surface area (Å²) in [5.74, 6) is 0. The van der Waals surface area contributed by atoms with Crippen LogP contribution in [0.1, 0.15) is 35.7 Å². The minimum atomic E-state index is 0.321. The monoisotopic (exact) mass is 291 g/mol. The number of rotatable bonds is 3. The number of nitrogens with one attached hydrogen (secondary N) is 1. The Labute approximate surface area is 131 Å². The first kappa shape index (κ1) is 13.5. The zero-order chi connectivity index (χ0) is 14.9. The Hall–Kier alpha value is -2.13. The van der Waals surface area contributed by atoms with Crippen molar-refractivity contribution in [3.8, 4) is 0 Å². The van der Waals surface area contributed by atoms with Gasteiger partial charge in [-0.1, -0.05) is 18.2 Å². The van der Waals surface area contributed by atoms with E-state index in [0.717, 1.165) is 0 Å². The first-order valence-corrected chi connectivity index (χ1v) is 8.06. The molecule has 0 radical (unpaired) electrons. The third-order valence-corrected chi connectivity index (χ3v) is 4.74. The molecule has 3 aromatic rings. The van der Waals surface area contributed by atoms with Crippen LogP contribution in [-0.4, -0.2) is 28.0 Å². The van der Waals surface area contributed by atoms with Crippen molar-refractivity contribution in [1.82, 2.24) is 14.9 Å². The molecule has 3 nitrogen and oxygen atoms in total. The molecular weight excluding hydrogens is 270 g/mol. The lowest BCUT2D eigenvalue weighted by molar-refractivity contribution is 0.281. The van der Waals surface area contributed by atoms with Gasteiger partial charge in [0.1, 0.15) is 0 Å². The summed E-state index contributed by atoms with van der Waals surface area (Å²) in [5, 5.41) is 1.34. The summed E-state index contributed by atoms with van der Waals surface area (Å²) in [7, 11) is 0. The molecule has 0 aliphatic carbocycles. The Morgan fingerprint density at radius 1 is 1.05 bits per heavy atom. The van der Waals surface area contributed by atoms with Gasteiger partial charge in [-0.25, -0.2) is 0 Å². The van der Waals surface area contributed by atoms with Crippen molar-refractivity contribution in [2.24, 2.45) is 0 Å². The van der Waals surface area contributed by atoms with Crippen LogP contribution in [0, 0.1) is 6.92 Å². The van der Waals surface area contributed by atoms with Gasteiger partial charge in [0.25, 0.3) is 0 Å². The molecular formula is C19H21N3. The summed E-state index contributed by atoms with van der Waals surface area (Å²) < 4.78 is 0. The predicted molar refractivity (Wildman–Crippen MR) is 89.9 cm³/mol. The van der Waals surface area contributed by atoms with E-state index in [1.54, 1.807) is 0 Å². The quantitative estimate of drug-likeness (QED) is 0.789. The van der Waals surface area contributed by atoms with Gasteiger partial charge in [-0.05, 0) is 56.6 Å². The van der Waals surface area contributed by atoms with E-state index >= 15 is 0 Å². The summed E-state index contributed by atoms with van der Waals surface area (Å²) in [6.07, 6.45) is 6.40. The van der Waals surface area contributed by atoms with Crippen LogP contribution in [0.15, 0.2) is 48.8 Å². The van der Waals surface area contributed by atoms with Crippen molar-refractivity contribution in [2.45, 2.75) is 25.8 Å². The van der Waals surface area contributed by atoms with Gasteiger partial charge in [0.2, 0.25) is 0 Å². The van der Waals surface area contributed by atoms with Crippen LogP contribution in [0.5, 0.6) is 0 Å². The topological polar surface area (TPSA) is 31.9 Å². The van der Waals surface area contributed by atoms with E-state index in [1.165, 1.54) is 53.7 Å². The summed E-state index contributed by atoms with van der Waals surface area (Å²) in [4.78, 5) is 10.4. The summed E-state index contributed by atoms with van der Waals surface area (Å²) in [6, 6.07) is 13.3. The van der Waals surface area contributed by atoms with Crippen molar-refractivity contribution in [2.75, 3.05) is 13.1 Å². The van der Waals surface area contributed by atoms with Gasteiger partial charge in [-0.3, -0.25) is 9.88 Å². The average molecular weight is 291 g/mol. The second kappa shape index (κ2) is 5.58. The third kappa shape index (κ3) is 2.22. The molecule has 112 valence electrons. The third-order valence-electron chi connectivity index (χ3n) is 4.74. The van der Waals surface area contributed by atoms with Crippen LogP contribution in [0.25, 0.3) is 10.9 Å². The van der Waals surface area contributed by atoms with Crippen molar-refractivity contribution in [3.05, 3.63) is 65.6 Å². The highest BCUT2D eigenvalue weighted by atomic mass is 15.2. The number of fused-ring (bicyclic) bond motifs is 1. The standard InChI is InChI=1S/C19H21N3/c1-14-18(16-6-2-3-7-17(16)21-14)19(22-12-4-5-13-22)15-8-10-20-11-9-15/h2-3,6-11,19,21H,4-5,12-13H2,1H3. The molecule has 3 heteroatoms. The highest BCUT2D eigenvalue weighted by Gasteiger charge is 2.28. The van der Waals surface area contributed by atoms with Crippen LogP contribution in [0.2, 0.25) is 0 Å². The zero-order valence-corrected chi connectivity index (χ0v) is 12.9. The maximum absolute atomic E-state index is 4.19. The second-order valence-electron chi connectivity index (χ2n) is 6.14. The van der Waals surface area contributed by atoms with Gasteiger partial charge < -0.3 is 4.98 Å². The molecule has 0 saturated carbocycles. The number of benzene rings is 1. The largest absolute Gasteiger partial charge is 0.358 e. The Morgan fingerprint density at radius 2 is 1.77 bits per heavy atom. The van der Waals surface area contributed by atoms with Crippen LogP contribution in [-0.2, 0) is 0 Å². The maximum atomic E-state index is 4.19. The highest BCUT2D eigenvalue weighted by molar-refractivity contribution is 5.85. The second-order valence-corrected chi connectivity index (χ2v) is 6.14. The van der Waals surface area contributed by atoms with Gasteiger partial charge in [0.15, 0.2) is 0 Å². The molecule has 1 unspecified atom stereocenters. The predicted octanol–water partition coefficient (Wildman–Crippen LogP) is 4.06. The molecule has 1 aliphatic heterocycles. The fourth-order valence-electron chi connectivity index (χ4n) is 3.76. The normalized spacial score (nSPS) is 17.1. The molecule has 1 aromatic carbocycles. The van der Waals surface area contributed by atoms with E-state index in [0.29, 0.717) is 6.04 Å². The SMILES string of the molecule is Cc1[nH]c2ccccc2c1C(c1ccncc1)N1CCCC1. The van der Waals surface area contributed by atoms with E-state index in [1.807, 2.05) is 12.4 Å². The van der Waals surface area contributed by atoms with Crippen LogP contribution in [0.3, 0.4) is 0 Å². The Balaban J connectivity index is 1.91. The van der Waals surface area contributed by atoms with Gasteiger partial charge >= 0.3 is 0 Å². The molecule has 4 rings (SSSR count). The molecule has 3 heterocycles. The maximum Gasteiger partial charge on any atom is 0.0626 e. The van der Waals surface area contributed by atoms with E-state index in [2.05, 4.69) is 58.2 Å². The van der Waals surface area contributed by atoms with E-state index in [4.69, 9.17) is 0 Å². The molecule has 0 spiro atoms. The van der Waals surface area contributed by atoms with Crippen LogP contribution < -0.4 is 0 Å². The fraction of sp³-hybridized carbons (Fsp3) is 0.316. The molecule has 1 N–H and O–H groups in total. The highest BCUT2D eigenvalue weighted by Crippen LogP contribution is 2.37. The number of H-pyrrole nitrogens is 1. The van der Waals surface area contributed by atoms with Gasteiger partial charge in [0, 0.05) is 34.6 Å². The minimum Gasteiger partial charge on any atom is -0.358 e. The summed E-state index contributed by atoms with van der Waals surface area (Å²) >= 11 is 0. The van der Waals surface area contributed by atoms with Crippen molar-refractivity contribution in [3.63, 3.8) is 0 Å². The number of hydrogen-bond acceptors (Lipinski definition) is 2. The van der Waals surface area contributed by atoms with Crippen molar-refractivity contribution in [1.29, 1.82) is 0 Å². The van der Waals surface area contributed by atoms with Gasteiger partial charge in [0.05, 0.1) is 6.04 Å². The number of pyridine rings is 1. The first-order valence-electron chi connectivity index (χ1n) is 8.06. The number of nitrogens with zero attached hydrogens (tertiary/aromatic N) is 2. The van der Waals surface area contributed by atoms with Crippen LogP contribution in [0.4, 0.5) is 0 Å². The average Bonchev–Trinajstić information content (AvgIpc) is 3.18.